The van der Waals surface area contributed by atoms with E-state index in [4.69, 9.17) is 0 Å². The third kappa shape index (κ3) is 3.49. The zero-order valence-electron chi connectivity index (χ0n) is 14.4. The Bertz CT molecular complexity index is 992. The van der Waals surface area contributed by atoms with Gasteiger partial charge in [-0.05, 0) is 49.7 Å². The van der Waals surface area contributed by atoms with Gasteiger partial charge in [0.2, 0.25) is 0 Å². The predicted octanol–water partition coefficient (Wildman–Crippen LogP) is 4.85. The Kier molecular flexibility index (Phi) is 4.35. The minimum absolute atomic E-state index is 0.0650. The van der Waals surface area contributed by atoms with E-state index in [1.807, 2.05) is 20.0 Å². The third-order valence-electron chi connectivity index (χ3n) is 4.19. The summed E-state index contributed by atoms with van der Waals surface area (Å²) in [4.78, 5) is 12.1. The van der Waals surface area contributed by atoms with Crippen LogP contribution >= 0.6 is 0 Å². The lowest BCUT2D eigenvalue weighted by Gasteiger charge is -2.13. The molecule has 0 aliphatic carbocycles. The second-order valence-corrected chi connectivity index (χ2v) is 6.05. The highest BCUT2D eigenvalue weighted by Gasteiger charge is 2.32. The smallest absolute Gasteiger partial charge is 0.308 e. The standard InChI is InChI=1S/C18H17F3N4O/c1-10-4-5-12(8-15(10)18(19,20)21)22-17(26)23-13-6-7-14-11(2)25(3)24-16(14)9-13/h4-9H,1-3H3,(H2,22,23,26). The average Bonchev–Trinajstić information content (AvgIpc) is 2.82. The molecule has 0 aliphatic rings. The summed E-state index contributed by atoms with van der Waals surface area (Å²) < 4.78 is 40.6. The number of hydrogen-bond acceptors (Lipinski definition) is 2. The summed E-state index contributed by atoms with van der Waals surface area (Å²) >= 11 is 0. The molecular formula is C18H17F3N4O. The van der Waals surface area contributed by atoms with Crippen molar-refractivity contribution in [3.63, 3.8) is 0 Å². The van der Waals surface area contributed by atoms with Crippen LogP contribution in [0.1, 0.15) is 16.8 Å². The Morgan fingerprint density at radius 2 is 1.65 bits per heavy atom. The molecule has 1 aromatic heterocycles. The quantitative estimate of drug-likeness (QED) is 0.684. The van der Waals surface area contributed by atoms with E-state index in [-0.39, 0.29) is 11.3 Å². The van der Waals surface area contributed by atoms with E-state index in [0.717, 1.165) is 22.7 Å². The van der Waals surface area contributed by atoms with Gasteiger partial charge in [-0.1, -0.05) is 6.07 Å². The lowest BCUT2D eigenvalue weighted by atomic mass is 10.1. The molecule has 0 atom stereocenters. The molecule has 3 aromatic rings. The van der Waals surface area contributed by atoms with E-state index in [0.29, 0.717) is 5.69 Å². The highest BCUT2D eigenvalue weighted by Crippen LogP contribution is 2.33. The summed E-state index contributed by atoms with van der Waals surface area (Å²) in [6.07, 6.45) is -4.47. The van der Waals surface area contributed by atoms with E-state index in [1.165, 1.54) is 19.1 Å². The normalized spacial score (nSPS) is 11.6. The zero-order chi connectivity index (χ0) is 19.1. The molecule has 2 amide bonds. The number of fused-ring (bicyclic) bond motifs is 1. The summed E-state index contributed by atoms with van der Waals surface area (Å²) in [6.45, 7) is 3.31. The number of nitrogens with one attached hydrogen (secondary N) is 2. The van der Waals surface area contributed by atoms with Crippen LogP contribution in [0.15, 0.2) is 36.4 Å². The molecule has 136 valence electrons. The first-order valence-electron chi connectivity index (χ1n) is 7.84. The van der Waals surface area contributed by atoms with Crippen molar-refractivity contribution in [3.05, 3.63) is 53.2 Å². The summed E-state index contributed by atoms with van der Waals surface area (Å²) in [5.74, 6) is 0. The van der Waals surface area contributed by atoms with Crippen molar-refractivity contribution in [1.82, 2.24) is 9.78 Å². The number of aryl methyl sites for hydroxylation is 3. The largest absolute Gasteiger partial charge is 0.416 e. The fraction of sp³-hybridized carbons (Fsp3) is 0.222. The Labute approximate surface area is 147 Å². The number of hydrogen-bond donors (Lipinski definition) is 2. The zero-order valence-corrected chi connectivity index (χ0v) is 14.4. The number of carbonyl (C=O) groups is 1. The van der Waals surface area contributed by atoms with Gasteiger partial charge in [0.05, 0.1) is 11.1 Å². The van der Waals surface area contributed by atoms with Crippen LogP contribution in [0.25, 0.3) is 10.9 Å². The molecule has 8 heteroatoms. The van der Waals surface area contributed by atoms with Crippen LogP contribution in [0.2, 0.25) is 0 Å². The number of anilines is 2. The predicted molar refractivity (Wildman–Crippen MR) is 94.3 cm³/mol. The van der Waals surface area contributed by atoms with E-state index in [9.17, 15) is 18.0 Å². The maximum atomic E-state index is 13.0. The lowest BCUT2D eigenvalue weighted by molar-refractivity contribution is -0.138. The first-order chi connectivity index (χ1) is 12.1. The first-order valence-corrected chi connectivity index (χ1v) is 7.84. The molecular weight excluding hydrogens is 345 g/mol. The molecule has 0 spiro atoms. The molecule has 2 aromatic carbocycles. The van der Waals surface area contributed by atoms with Crippen molar-refractivity contribution in [1.29, 1.82) is 0 Å². The number of alkyl halides is 3. The number of benzene rings is 2. The van der Waals surface area contributed by atoms with E-state index in [2.05, 4.69) is 15.7 Å². The monoisotopic (exact) mass is 362 g/mol. The fourth-order valence-corrected chi connectivity index (χ4v) is 2.71. The Morgan fingerprint density at radius 1 is 1.04 bits per heavy atom. The number of urea groups is 1. The van der Waals surface area contributed by atoms with E-state index in [1.54, 1.807) is 16.8 Å². The van der Waals surface area contributed by atoms with Gasteiger partial charge >= 0.3 is 12.2 Å². The average molecular weight is 362 g/mol. The van der Waals surface area contributed by atoms with Crippen molar-refractivity contribution in [3.8, 4) is 0 Å². The Balaban J connectivity index is 1.77. The fourth-order valence-electron chi connectivity index (χ4n) is 2.71. The Morgan fingerprint density at radius 3 is 2.31 bits per heavy atom. The van der Waals surface area contributed by atoms with E-state index < -0.39 is 17.8 Å². The molecule has 2 N–H and O–H groups in total. The molecule has 0 bridgehead atoms. The van der Waals surface area contributed by atoms with Gasteiger partial charge in [0, 0.05) is 29.5 Å². The molecule has 0 saturated carbocycles. The lowest BCUT2D eigenvalue weighted by Crippen LogP contribution is -2.20. The molecule has 5 nitrogen and oxygen atoms in total. The third-order valence-corrected chi connectivity index (χ3v) is 4.19. The molecule has 1 heterocycles. The number of halogens is 3. The highest BCUT2D eigenvalue weighted by atomic mass is 19.4. The first kappa shape index (κ1) is 17.8. The van der Waals surface area contributed by atoms with Crippen LogP contribution in [0.3, 0.4) is 0 Å². The highest BCUT2D eigenvalue weighted by molar-refractivity contribution is 6.01. The molecule has 0 fully saturated rings. The number of nitrogens with zero attached hydrogens (tertiary/aromatic N) is 2. The topological polar surface area (TPSA) is 59.0 Å². The van der Waals surface area contributed by atoms with E-state index >= 15 is 0 Å². The number of rotatable bonds is 2. The summed E-state index contributed by atoms with van der Waals surface area (Å²) in [5.41, 5.74) is 1.60. The SMILES string of the molecule is Cc1ccc(NC(=O)Nc2ccc3c(C)n(C)nc3c2)cc1C(F)(F)F. The summed E-state index contributed by atoms with van der Waals surface area (Å²) in [5, 5.41) is 10.3. The Hall–Kier alpha value is -3.03. The van der Waals surface area contributed by atoms with Gasteiger partial charge < -0.3 is 10.6 Å². The van der Waals surface area contributed by atoms with Crippen LogP contribution in [0.4, 0.5) is 29.3 Å². The number of aromatic nitrogens is 2. The van der Waals surface area contributed by atoms with Crippen LogP contribution in [-0.4, -0.2) is 15.8 Å². The maximum absolute atomic E-state index is 13.0. The molecule has 0 unspecified atom stereocenters. The summed E-state index contributed by atoms with van der Waals surface area (Å²) in [7, 11) is 1.82. The van der Waals surface area contributed by atoms with Gasteiger partial charge in [0.1, 0.15) is 0 Å². The minimum Gasteiger partial charge on any atom is -0.308 e. The van der Waals surface area contributed by atoms with Crippen molar-refractivity contribution >= 4 is 28.3 Å². The van der Waals surface area contributed by atoms with Gasteiger partial charge in [0.25, 0.3) is 0 Å². The summed E-state index contributed by atoms with van der Waals surface area (Å²) in [6, 6.07) is 8.29. The van der Waals surface area contributed by atoms with Crippen molar-refractivity contribution < 1.29 is 18.0 Å². The van der Waals surface area contributed by atoms with Gasteiger partial charge in [0.15, 0.2) is 0 Å². The molecule has 26 heavy (non-hydrogen) atoms. The van der Waals surface area contributed by atoms with Gasteiger partial charge in [-0.15, -0.1) is 0 Å². The van der Waals surface area contributed by atoms with Crippen molar-refractivity contribution in [2.75, 3.05) is 10.6 Å². The maximum Gasteiger partial charge on any atom is 0.416 e. The minimum atomic E-state index is -4.47. The molecule has 0 aliphatic heterocycles. The van der Waals surface area contributed by atoms with Crippen LogP contribution in [0, 0.1) is 13.8 Å². The van der Waals surface area contributed by atoms with Crippen LogP contribution < -0.4 is 10.6 Å². The number of amides is 2. The molecule has 0 radical (unpaired) electrons. The van der Waals surface area contributed by atoms with Crippen LogP contribution in [0.5, 0.6) is 0 Å². The van der Waals surface area contributed by atoms with Crippen molar-refractivity contribution in [2.24, 2.45) is 7.05 Å². The number of carbonyl (C=O) groups excluding carboxylic acids is 1. The second kappa shape index (κ2) is 6.36. The van der Waals surface area contributed by atoms with Crippen molar-refractivity contribution in [2.45, 2.75) is 20.0 Å². The van der Waals surface area contributed by atoms with Gasteiger partial charge in [-0.2, -0.15) is 18.3 Å². The van der Waals surface area contributed by atoms with Gasteiger partial charge in [-0.25, -0.2) is 4.79 Å². The molecule has 3 rings (SSSR count). The second-order valence-electron chi connectivity index (χ2n) is 6.05. The van der Waals surface area contributed by atoms with Crippen LogP contribution in [-0.2, 0) is 13.2 Å². The van der Waals surface area contributed by atoms with Gasteiger partial charge in [-0.3, -0.25) is 4.68 Å². The molecule has 0 saturated heterocycles.